The maximum Gasteiger partial charge on any atom is 0.119 e. The number of aliphatic imine (C=N–C) groups is 4. The molecule has 0 atom stereocenters. The fourth-order valence-electron chi connectivity index (χ4n) is 9.01. The van der Waals surface area contributed by atoms with Crippen molar-refractivity contribution in [2.75, 3.05) is 6.61 Å². The smallest absolute Gasteiger partial charge is 0.119 e. The second kappa shape index (κ2) is 20.7. The van der Waals surface area contributed by atoms with E-state index in [4.69, 9.17) is 24.7 Å². The van der Waals surface area contributed by atoms with Gasteiger partial charge in [0.2, 0.25) is 0 Å². The molecular weight excluding hydrogens is 817 g/mol. The third-order valence-corrected chi connectivity index (χ3v) is 12.5. The van der Waals surface area contributed by atoms with Crippen molar-refractivity contribution in [1.82, 2.24) is 0 Å². The van der Waals surface area contributed by atoms with Crippen molar-refractivity contribution in [1.29, 1.82) is 0 Å². The van der Waals surface area contributed by atoms with Gasteiger partial charge < -0.3 is 20.1 Å². The molecule has 4 aromatic rings. The van der Waals surface area contributed by atoms with Crippen LogP contribution >= 0.6 is 0 Å². The maximum absolute atomic E-state index is 10.3. The molecule has 0 saturated carbocycles. The van der Waals surface area contributed by atoms with Crippen LogP contribution in [0.5, 0.6) is 23.0 Å². The van der Waals surface area contributed by atoms with Gasteiger partial charge in [-0.05, 0) is 126 Å². The third-order valence-electron chi connectivity index (χ3n) is 12.5. The van der Waals surface area contributed by atoms with Crippen molar-refractivity contribution < 1.29 is 20.1 Å². The number of phenols is 3. The van der Waals surface area contributed by atoms with Crippen LogP contribution in [0.15, 0.2) is 188 Å². The van der Waals surface area contributed by atoms with Crippen LogP contribution < -0.4 is 4.74 Å². The average molecular weight is 873 g/mol. The molecule has 5 aliphatic rings. The highest BCUT2D eigenvalue weighted by Gasteiger charge is 2.28. The quantitative estimate of drug-likeness (QED) is 0.0863. The molecule has 8 heteroatoms. The number of phenolic OH excluding ortho intramolecular Hbond substituents is 3. The molecule has 0 unspecified atom stereocenters. The van der Waals surface area contributed by atoms with Gasteiger partial charge in [0, 0.05) is 22.3 Å². The molecule has 332 valence electrons. The summed E-state index contributed by atoms with van der Waals surface area (Å²) >= 11 is 0. The van der Waals surface area contributed by atoms with Gasteiger partial charge in [-0.2, -0.15) is 0 Å². The SMILES string of the molecule is CCCCCCCCCCCCCCOc1ccc(C2=C3C=CC(=N3)C(c3ccc(O)cc3)=C3C=CC(=N3)C(c3ccc(O)cc3)=C3C=CC(=N3)C(c3ccc(O)cc3)=C3C=CC2=N3)cc1. The second-order valence-corrected chi connectivity index (χ2v) is 17.3. The second-order valence-electron chi connectivity index (χ2n) is 17.3. The lowest BCUT2D eigenvalue weighted by Crippen LogP contribution is -2.04. The first kappa shape index (κ1) is 43.9. The van der Waals surface area contributed by atoms with E-state index in [1.807, 2.05) is 97.1 Å². The summed E-state index contributed by atoms with van der Waals surface area (Å²) in [6, 6.07) is 29.5. The maximum atomic E-state index is 10.3. The molecule has 0 fully saturated rings. The minimum atomic E-state index is 0.160. The monoisotopic (exact) mass is 872 g/mol. The highest BCUT2D eigenvalue weighted by molar-refractivity contribution is 6.39. The van der Waals surface area contributed by atoms with Crippen molar-refractivity contribution in [3.63, 3.8) is 0 Å². The number of nitrogens with zero attached hydrogens (tertiary/aromatic N) is 4. The first-order chi connectivity index (χ1) is 32.4. The van der Waals surface area contributed by atoms with E-state index >= 15 is 0 Å². The number of rotatable bonds is 18. The van der Waals surface area contributed by atoms with Crippen LogP contribution in [0.1, 0.15) is 106 Å². The van der Waals surface area contributed by atoms with E-state index < -0.39 is 0 Å². The van der Waals surface area contributed by atoms with E-state index in [9.17, 15) is 15.3 Å². The number of ether oxygens (including phenoxy) is 1. The zero-order valence-electron chi connectivity index (χ0n) is 37.6. The topological polar surface area (TPSA) is 119 Å². The largest absolute Gasteiger partial charge is 0.508 e. The van der Waals surface area contributed by atoms with Gasteiger partial charge in [0.05, 0.1) is 52.2 Å². The molecule has 0 amide bonds. The number of hydrogen-bond donors (Lipinski definition) is 3. The van der Waals surface area contributed by atoms with Gasteiger partial charge in [0.25, 0.3) is 0 Å². The number of allylic oxidation sites excluding steroid dienone is 12. The lowest BCUT2D eigenvalue weighted by molar-refractivity contribution is 0.304. The van der Waals surface area contributed by atoms with Crippen molar-refractivity contribution >= 4 is 45.1 Å². The summed E-state index contributed by atoms with van der Waals surface area (Å²) in [5.41, 5.74) is 12.5. The minimum Gasteiger partial charge on any atom is -0.508 e. The molecule has 4 aromatic carbocycles. The highest BCUT2D eigenvalue weighted by Crippen LogP contribution is 2.39. The number of fused-ring (bicyclic) bond motifs is 4. The Kier molecular flexibility index (Phi) is 13.8. The molecule has 0 aromatic heterocycles. The Hall–Kier alpha value is -7.32. The molecule has 0 spiro atoms. The summed E-state index contributed by atoms with van der Waals surface area (Å²) in [6.07, 6.45) is 31.7. The van der Waals surface area contributed by atoms with Crippen molar-refractivity contribution in [2.24, 2.45) is 20.0 Å². The van der Waals surface area contributed by atoms with E-state index in [0.717, 1.165) is 79.5 Å². The number of hydrogen-bond acceptors (Lipinski definition) is 8. The third kappa shape index (κ3) is 10.1. The van der Waals surface area contributed by atoms with Gasteiger partial charge in [-0.1, -0.05) is 126 Å². The van der Waals surface area contributed by atoms with Crippen LogP contribution in [0, 0.1) is 0 Å². The predicted octanol–water partition coefficient (Wildman–Crippen LogP) is 13.9. The van der Waals surface area contributed by atoms with E-state index in [1.54, 1.807) is 36.4 Å². The number of unbranched alkanes of at least 4 members (excludes halogenated alkanes) is 11. The Balaban J connectivity index is 1.07. The highest BCUT2D eigenvalue weighted by atomic mass is 16.5. The molecule has 5 aliphatic heterocycles. The molecule has 8 bridgehead atoms. The summed E-state index contributed by atoms with van der Waals surface area (Å²) in [4.78, 5) is 21.2. The fourth-order valence-corrected chi connectivity index (χ4v) is 9.01. The Morgan fingerprint density at radius 3 is 0.909 bits per heavy atom. The lowest BCUT2D eigenvalue weighted by atomic mass is 9.98. The van der Waals surface area contributed by atoms with Crippen molar-refractivity contribution in [3.05, 3.63) is 191 Å². The van der Waals surface area contributed by atoms with E-state index in [-0.39, 0.29) is 17.2 Å². The van der Waals surface area contributed by atoms with Crippen LogP contribution in [-0.4, -0.2) is 44.8 Å². The number of benzene rings is 4. The first-order valence-corrected chi connectivity index (χ1v) is 23.6. The molecule has 9 rings (SSSR count). The zero-order valence-corrected chi connectivity index (χ0v) is 37.6. The van der Waals surface area contributed by atoms with Gasteiger partial charge in [-0.15, -0.1) is 0 Å². The Morgan fingerprint density at radius 1 is 0.333 bits per heavy atom. The molecule has 66 heavy (non-hydrogen) atoms. The Labute approximate surface area is 388 Å². The van der Waals surface area contributed by atoms with Gasteiger partial charge in [-0.25, -0.2) is 20.0 Å². The Morgan fingerprint density at radius 2 is 0.606 bits per heavy atom. The Bertz CT molecular complexity index is 2800. The van der Waals surface area contributed by atoms with Crippen molar-refractivity contribution in [2.45, 2.75) is 84.0 Å². The van der Waals surface area contributed by atoms with Gasteiger partial charge in [0.1, 0.15) is 23.0 Å². The fraction of sp³-hybridized carbons (Fsp3) is 0.241. The number of aromatic hydroxyl groups is 3. The summed E-state index contributed by atoms with van der Waals surface area (Å²) in [7, 11) is 0. The van der Waals surface area contributed by atoms with Crippen LogP contribution in [0.2, 0.25) is 0 Å². The summed E-state index contributed by atoms with van der Waals surface area (Å²) in [6.45, 7) is 2.96. The summed E-state index contributed by atoms with van der Waals surface area (Å²) in [5, 5.41) is 30.9. The molecule has 0 saturated heterocycles. The standard InChI is InChI=1S/C58H56N4O4/c1-2-3-4-5-6-7-8-9-10-11-12-13-38-66-46-28-20-42(21-29-46)58-53-36-34-51(61-53)56(40-16-24-44(64)25-17-40)49-32-30-47(59-49)55(39-14-22-43(63)23-15-39)48-31-33-50(60-48)57(52-35-37-54(58)62-52)41-18-26-45(65)27-19-41/h14-37,63-65H,2-13,38H2,1H3. The zero-order chi connectivity index (χ0) is 45.2. The van der Waals surface area contributed by atoms with Crippen molar-refractivity contribution in [3.8, 4) is 23.0 Å². The predicted molar refractivity (Wildman–Crippen MR) is 271 cm³/mol. The molecule has 3 N–H and O–H groups in total. The molecular formula is C58H56N4O4. The van der Waals surface area contributed by atoms with Crippen LogP contribution in [0.25, 0.3) is 22.3 Å². The molecule has 5 heterocycles. The lowest BCUT2D eigenvalue weighted by Gasteiger charge is -2.13. The average Bonchev–Trinajstić information content (AvgIpc) is 4.19. The summed E-state index contributed by atoms with van der Waals surface area (Å²) in [5.74, 6) is 1.32. The van der Waals surface area contributed by atoms with E-state index in [0.29, 0.717) is 29.4 Å². The normalized spacial score (nSPS) is 16.2. The van der Waals surface area contributed by atoms with E-state index in [2.05, 4.69) is 19.1 Å². The van der Waals surface area contributed by atoms with Crippen LogP contribution in [0.3, 0.4) is 0 Å². The summed E-state index contributed by atoms with van der Waals surface area (Å²) < 4.78 is 6.26. The van der Waals surface area contributed by atoms with E-state index in [1.165, 1.54) is 70.6 Å². The van der Waals surface area contributed by atoms with Gasteiger partial charge in [-0.3, -0.25) is 0 Å². The van der Waals surface area contributed by atoms with Gasteiger partial charge >= 0.3 is 0 Å². The molecule has 8 nitrogen and oxygen atoms in total. The van der Waals surface area contributed by atoms with Crippen LogP contribution in [0.4, 0.5) is 0 Å². The van der Waals surface area contributed by atoms with Crippen LogP contribution in [-0.2, 0) is 0 Å². The molecule has 0 aliphatic carbocycles. The first-order valence-electron chi connectivity index (χ1n) is 23.6. The minimum absolute atomic E-state index is 0.160. The van der Waals surface area contributed by atoms with Gasteiger partial charge in [0.15, 0.2) is 0 Å². The molecule has 0 radical (unpaired) electrons.